The third-order valence-corrected chi connectivity index (χ3v) is 5.52. The van der Waals surface area contributed by atoms with E-state index in [1.807, 2.05) is 28.1 Å². The number of hydrogen-bond acceptors (Lipinski definition) is 3. The summed E-state index contributed by atoms with van der Waals surface area (Å²) in [6.07, 6.45) is 4.96. The summed E-state index contributed by atoms with van der Waals surface area (Å²) < 4.78 is 2.74. The lowest BCUT2D eigenvalue weighted by Gasteiger charge is -2.03. The van der Waals surface area contributed by atoms with Gasteiger partial charge in [0.25, 0.3) is 5.91 Å². The maximum atomic E-state index is 12.2. The van der Waals surface area contributed by atoms with Crippen molar-refractivity contribution in [3.05, 3.63) is 68.1 Å². The SMILES string of the molecule is C=CCn1c(=NC(=O)/C=C/c2cccs2)sc2cc(Cl)cc(Cl)c21. The standard InChI is InChI=1S/C17H12Cl2N2OS2/c1-2-7-21-16-13(19)9-11(18)10-14(16)24-17(21)20-15(22)6-5-12-4-3-8-23-12/h2-6,8-10H,1,7H2/b6-5+,20-17?. The zero-order chi connectivity index (χ0) is 17.1. The number of amides is 1. The first-order valence-corrected chi connectivity index (χ1v) is 9.43. The predicted octanol–water partition coefficient (Wildman–Crippen LogP) is 5.40. The predicted molar refractivity (Wildman–Crippen MR) is 104 cm³/mol. The van der Waals surface area contributed by atoms with Gasteiger partial charge in [0, 0.05) is 22.5 Å². The summed E-state index contributed by atoms with van der Waals surface area (Å²) in [6.45, 7) is 4.26. The molecule has 0 saturated carbocycles. The van der Waals surface area contributed by atoms with Gasteiger partial charge in [-0.25, -0.2) is 0 Å². The van der Waals surface area contributed by atoms with Crippen LogP contribution in [0.3, 0.4) is 0 Å². The smallest absolute Gasteiger partial charge is 0.272 e. The topological polar surface area (TPSA) is 34.4 Å². The van der Waals surface area contributed by atoms with E-state index in [-0.39, 0.29) is 5.91 Å². The van der Waals surface area contributed by atoms with E-state index in [4.69, 9.17) is 23.2 Å². The minimum Gasteiger partial charge on any atom is -0.311 e. The van der Waals surface area contributed by atoms with E-state index < -0.39 is 0 Å². The van der Waals surface area contributed by atoms with Gasteiger partial charge in [-0.05, 0) is 29.7 Å². The molecule has 122 valence electrons. The van der Waals surface area contributed by atoms with Crippen molar-refractivity contribution >= 4 is 68.1 Å². The van der Waals surface area contributed by atoms with Gasteiger partial charge < -0.3 is 4.57 Å². The van der Waals surface area contributed by atoms with Gasteiger partial charge in [-0.3, -0.25) is 4.79 Å². The Morgan fingerprint density at radius 2 is 2.21 bits per heavy atom. The number of allylic oxidation sites excluding steroid dienone is 1. The second-order valence-electron chi connectivity index (χ2n) is 4.82. The van der Waals surface area contributed by atoms with Crippen molar-refractivity contribution in [2.24, 2.45) is 4.99 Å². The number of benzene rings is 1. The van der Waals surface area contributed by atoms with Crippen LogP contribution in [0.5, 0.6) is 0 Å². The normalized spacial score (nSPS) is 12.3. The molecule has 1 aromatic carbocycles. The zero-order valence-electron chi connectivity index (χ0n) is 12.4. The molecule has 0 aliphatic heterocycles. The molecule has 0 bridgehead atoms. The Morgan fingerprint density at radius 3 is 2.92 bits per heavy atom. The highest BCUT2D eigenvalue weighted by atomic mass is 35.5. The number of carbonyl (C=O) groups excluding carboxylic acids is 1. The summed E-state index contributed by atoms with van der Waals surface area (Å²) in [6, 6.07) is 7.37. The lowest BCUT2D eigenvalue weighted by atomic mass is 10.3. The average Bonchev–Trinajstić information content (AvgIpc) is 3.14. The first-order chi connectivity index (χ1) is 11.6. The highest BCUT2D eigenvalue weighted by Gasteiger charge is 2.11. The van der Waals surface area contributed by atoms with E-state index >= 15 is 0 Å². The van der Waals surface area contributed by atoms with Gasteiger partial charge in [0.2, 0.25) is 0 Å². The van der Waals surface area contributed by atoms with Crippen molar-refractivity contribution in [3.8, 4) is 0 Å². The zero-order valence-corrected chi connectivity index (χ0v) is 15.6. The minimum absolute atomic E-state index is 0.324. The summed E-state index contributed by atoms with van der Waals surface area (Å²) in [5.41, 5.74) is 0.805. The lowest BCUT2D eigenvalue weighted by Crippen LogP contribution is -2.15. The highest BCUT2D eigenvalue weighted by Crippen LogP contribution is 2.29. The summed E-state index contributed by atoms with van der Waals surface area (Å²) >= 11 is 15.3. The molecule has 2 heterocycles. The Morgan fingerprint density at radius 1 is 1.38 bits per heavy atom. The van der Waals surface area contributed by atoms with Gasteiger partial charge >= 0.3 is 0 Å². The van der Waals surface area contributed by atoms with E-state index in [0.29, 0.717) is 21.4 Å². The van der Waals surface area contributed by atoms with Crippen LogP contribution in [0, 0.1) is 0 Å². The van der Waals surface area contributed by atoms with Crippen LogP contribution in [0.2, 0.25) is 10.0 Å². The summed E-state index contributed by atoms with van der Waals surface area (Å²) in [5, 5.41) is 3.03. The fourth-order valence-corrected chi connectivity index (χ4v) is 4.63. The molecule has 3 rings (SSSR count). The molecule has 1 amide bonds. The summed E-state index contributed by atoms with van der Waals surface area (Å²) in [4.78, 5) is 17.9. The number of aromatic nitrogens is 1. The quantitative estimate of drug-likeness (QED) is 0.430. The van der Waals surface area contributed by atoms with Crippen LogP contribution in [0.15, 0.2) is 53.4 Å². The number of fused-ring (bicyclic) bond motifs is 1. The van der Waals surface area contributed by atoms with Gasteiger partial charge in [0.05, 0.1) is 15.2 Å². The van der Waals surface area contributed by atoms with E-state index in [2.05, 4.69) is 11.6 Å². The van der Waals surface area contributed by atoms with E-state index in [0.717, 1.165) is 15.1 Å². The number of carbonyl (C=O) groups is 1. The largest absolute Gasteiger partial charge is 0.311 e. The van der Waals surface area contributed by atoms with Crippen LogP contribution < -0.4 is 4.80 Å². The molecule has 0 N–H and O–H groups in total. The number of thiazole rings is 1. The Labute approximate surface area is 156 Å². The first-order valence-electron chi connectivity index (χ1n) is 6.98. The molecule has 24 heavy (non-hydrogen) atoms. The van der Waals surface area contributed by atoms with Crippen molar-refractivity contribution in [2.75, 3.05) is 0 Å². The number of halogens is 2. The molecule has 3 nitrogen and oxygen atoms in total. The molecule has 0 fully saturated rings. The molecule has 3 aromatic rings. The van der Waals surface area contributed by atoms with Gasteiger partial charge in [-0.2, -0.15) is 4.99 Å². The molecular weight excluding hydrogens is 383 g/mol. The molecule has 0 aliphatic rings. The molecule has 0 aliphatic carbocycles. The van der Waals surface area contributed by atoms with Crippen molar-refractivity contribution in [1.29, 1.82) is 0 Å². The Hall–Kier alpha value is -1.66. The van der Waals surface area contributed by atoms with Gasteiger partial charge in [0.15, 0.2) is 4.80 Å². The number of rotatable bonds is 4. The monoisotopic (exact) mass is 394 g/mol. The third-order valence-electron chi connectivity index (χ3n) is 3.15. The first kappa shape index (κ1) is 17.2. The van der Waals surface area contributed by atoms with E-state index in [9.17, 15) is 4.79 Å². The van der Waals surface area contributed by atoms with Gasteiger partial charge in [-0.15, -0.1) is 17.9 Å². The van der Waals surface area contributed by atoms with E-state index in [1.165, 1.54) is 17.4 Å². The Bertz CT molecular complexity index is 998. The van der Waals surface area contributed by atoms with Crippen LogP contribution in [0.4, 0.5) is 0 Å². The second kappa shape index (κ2) is 7.49. The van der Waals surface area contributed by atoms with Crippen molar-refractivity contribution in [2.45, 2.75) is 6.54 Å². The molecule has 0 atom stereocenters. The highest BCUT2D eigenvalue weighted by molar-refractivity contribution is 7.16. The van der Waals surface area contributed by atoms with Crippen LogP contribution >= 0.6 is 45.9 Å². The average molecular weight is 395 g/mol. The maximum Gasteiger partial charge on any atom is 0.272 e. The van der Waals surface area contributed by atoms with Crippen LogP contribution in [-0.2, 0) is 11.3 Å². The number of nitrogens with zero attached hydrogens (tertiary/aromatic N) is 2. The van der Waals surface area contributed by atoms with Gasteiger partial charge in [-0.1, -0.05) is 46.7 Å². The van der Waals surface area contributed by atoms with Crippen molar-refractivity contribution in [3.63, 3.8) is 0 Å². The Kier molecular flexibility index (Phi) is 5.36. The molecule has 0 spiro atoms. The lowest BCUT2D eigenvalue weighted by molar-refractivity contribution is -0.113. The third kappa shape index (κ3) is 3.70. The fraction of sp³-hybridized carbons (Fsp3) is 0.0588. The molecule has 0 radical (unpaired) electrons. The van der Waals surface area contributed by atoms with Crippen molar-refractivity contribution in [1.82, 2.24) is 4.57 Å². The van der Waals surface area contributed by atoms with E-state index in [1.54, 1.807) is 29.6 Å². The molecule has 0 unspecified atom stereocenters. The van der Waals surface area contributed by atoms with Crippen LogP contribution in [-0.4, -0.2) is 10.5 Å². The number of hydrogen-bond donors (Lipinski definition) is 0. The second-order valence-corrected chi connectivity index (χ2v) is 7.65. The van der Waals surface area contributed by atoms with Crippen LogP contribution in [0.1, 0.15) is 4.88 Å². The fourth-order valence-electron chi connectivity index (χ4n) is 2.18. The summed E-state index contributed by atoms with van der Waals surface area (Å²) in [7, 11) is 0. The molecule has 7 heteroatoms. The van der Waals surface area contributed by atoms with Gasteiger partial charge in [0.1, 0.15) is 0 Å². The minimum atomic E-state index is -0.324. The Balaban J connectivity index is 2.07. The summed E-state index contributed by atoms with van der Waals surface area (Å²) in [5.74, 6) is -0.324. The molecule has 2 aromatic heterocycles. The van der Waals surface area contributed by atoms with Crippen LogP contribution in [0.25, 0.3) is 16.3 Å². The van der Waals surface area contributed by atoms with Crippen molar-refractivity contribution < 1.29 is 4.79 Å². The number of thiophene rings is 1. The molecule has 0 saturated heterocycles. The maximum absolute atomic E-state index is 12.2. The molecular formula is C17H12Cl2N2OS2.